The van der Waals surface area contributed by atoms with Crippen LogP contribution in [-0.2, 0) is 0 Å². The van der Waals surface area contributed by atoms with Crippen LogP contribution < -0.4 is 19.6 Å². The molecule has 1 aliphatic rings. The molecule has 64 heavy (non-hydrogen) atoms. The second-order valence-corrected chi connectivity index (χ2v) is 15.9. The van der Waals surface area contributed by atoms with Crippen LogP contribution in [0.25, 0.3) is 11.0 Å². The number of para-hydroxylation sites is 5. The van der Waals surface area contributed by atoms with Gasteiger partial charge in [0.05, 0.1) is 11.4 Å². The van der Waals surface area contributed by atoms with E-state index in [1.807, 2.05) is 12.4 Å². The molecule has 310 valence electrons. The third kappa shape index (κ3) is 7.78. The van der Waals surface area contributed by atoms with Gasteiger partial charge in [0.25, 0.3) is 0 Å². The Morgan fingerprint density at radius 3 is 0.984 bits per heavy atom. The molecule has 6 nitrogen and oxygen atoms in total. The summed E-state index contributed by atoms with van der Waals surface area (Å²) in [7, 11) is 0. The van der Waals surface area contributed by atoms with E-state index in [4.69, 9.17) is 9.97 Å². The van der Waals surface area contributed by atoms with Crippen molar-refractivity contribution < 1.29 is 0 Å². The first-order chi connectivity index (χ1) is 31.6. The van der Waals surface area contributed by atoms with Crippen molar-refractivity contribution in [3.8, 4) is 0 Å². The van der Waals surface area contributed by atoms with Crippen molar-refractivity contribution in [3.05, 3.63) is 248 Å². The second-order valence-electron chi connectivity index (χ2n) is 15.9. The second kappa shape index (κ2) is 18.0. The van der Waals surface area contributed by atoms with Gasteiger partial charge in [-0.15, -0.1) is 0 Å². The molecule has 0 aliphatic heterocycles. The predicted molar refractivity (Wildman–Crippen MR) is 268 cm³/mol. The fourth-order valence-electron chi connectivity index (χ4n) is 8.85. The average Bonchev–Trinajstić information content (AvgIpc) is 3.37. The van der Waals surface area contributed by atoms with E-state index in [1.165, 1.54) is 5.70 Å². The molecule has 0 fully saturated rings. The van der Waals surface area contributed by atoms with Gasteiger partial charge < -0.3 is 19.6 Å². The lowest BCUT2D eigenvalue weighted by Crippen LogP contribution is -2.18. The number of allylic oxidation sites excluding steroid dienone is 4. The van der Waals surface area contributed by atoms with Gasteiger partial charge in [0.2, 0.25) is 0 Å². The van der Waals surface area contributed by atoms with Gasteiger partial charge >= 0.3 is 0 Å². The Morgan fingerprint density at radius 2 is 0.641 bits per heavy atom. The third-order valence-corrected chi connectivity index (χ3v) is 12.0. The van der Waals surface area contributed by atoms with E-state index in [2.05, 4.69) is 252 Å². The van der Waals surface area contributed by atoms with E-state index in [1.54, 1.807) is 0 Å². The van der Waals surface area contributed by atoms with E-state index in [0.29, 0.717) is 0 Å². The number of nitrogens with zero attached hydrogens (tertiary/aromatic N) is 6. The van der Waals surface area contributed by atoms with E-state index in [9.17, 15) is 0 Å². The minimum absolute atomic E-state index is 0.814. The normalized spacial score (nSPS) is 12.1. The molecule has 1 aliphatic carbocycles. The molecule has 0 amide bonds. The zero-order valence-corrected chi connectivity index (χ0v) is 36.0. The van der Waals surface area contributed by atoms with Gasteiger partial charge in [0, 0.05) is 69.3 Å². The summed E-state index contributed by atoms with van der Waals surface area (Å²) in [5.74, 6) is 0. The summed E-state index contributed by atoms with van der Waals surface area (Å²) in [6, 6.07) is 70.6. The monoisotopic (exact) mass is 828 g/mol. The molecular formula is C58H48N6. The molecule has 0 saturated heterocycles. The average molecular weight is 829 g/mol. The van der Waals surface area contributed by atoms with E-state index in [0.717, 1.165) is 97.6 Å². The number of rotatable bonds is 12. The Bertz CT molecular complexity index is 3010. The van der Waals surface area contributed by atoms with Gasteiger partial charge in [0.15, 0.2) is 0 Å². The molecule has 6 heteroatoms. The summed E-state index contributed by atoms with van der Waals surface area (Å²) < 4.78 is 0. The lowest BCUT2D eigenvalue weighted by atomic mass is 9.99. The smallest absolute Gasteiger partial charge is 0.115 e. The number of benzene rings is 8. The lowest BCUT2D eigenvalue weighted by molar-refractivity contribution is 0.917. The number of hydrogen-bond donors (Lipinski definition) is 0. The Hall–Kier alpha value is -8.22. The van der Waals surface area contributed by atoms with Gasteiger partial charge in [-0.25, -0.2) is 0 Å². The van der Waals surface area contributed by atoms with Crippen LogP contribution in [0.1, 0.15) is 24.0 Å². The maximum Gasteiger partial charge on any atom is 0.115 e. The van der Waals surface area contributed by atoms with Crippen molar-refractivity contribution in [3.63, 3.8) is 0 Å². The largest absolute Gasteiger partial charge is 0.314 e. The summed E-state index contributed by atoms with van der Waals surface area (Å²) >= 11 is 0. The zero-order valence-electron chi connectivity index (χ0n) is 36.0. The highest BCUT2D eigenvalue weighted by Crippen LogP contribution is 2.49. The van der Waals surface area contributed by atoms with Crippen molar-refractivity contribution in [1.29, 1.82) is 0 Å². The van der Waals surface area contributed by atoms with Crippen LogP contribution in [0.2, 0.25) is 0 Å². The molecule has 1 aromatic heterocycles. The number of fused-ring (bicyclic) bond motifs is 1. The van der Waals surface area contributed by atoms with Crippen LogP contribution in [0.15, 0.2) is 237 Å². The van der Waals surface area contributed by atoms with Gasteiger partial charge in [-0.05, 0) is 153 Å². The summed E-state index contributed by atoms with van der Waals surface area (Å²) in [6.07, 6.45) is 12.2. The molecule has 10 rings (SSSR count). The van der Waals surface area contributed by atoms with Crippen molar-refractivity contribution in [1.82, 2.24) is 9.97 Å². The van der Waals surface area contributed by atoms with Crippen molar-refractivity contribution >= 4 is 73.6 Å². The molecule has 0 atom stereocenters. The summed E-state index contributed by atoms with van der Waals surface area (Å²) in [5.41, 5.74) is 16.7. The SMILES string of the molecule is Cc1c(C)c(N(c2ccccc2)c2ccc(N(c3ccccc3)c3ccccc3)cc2)c2nccnc2c1N(c1ccccc1)c1ccc(N(C2=CC=CCC2)c2ccccc2)cc1. The molecule has 0 unspecified atom stereocenters. The predicted octanol–water partition coefficient (Wildman–Crippen LogP) is 16.0. The Labute approximate surface area is 376 Å². The molecular weight excluding hydrogens is 781 g/mol. The van der Waals surface area contributed by atoms with Crippen LogP contribution in [0.4, 0.5) is 62.6 Å². The highest BCUT2D eigenvalue weighted by Gasteiger charge is 2.28. The van der Waals surface area contributed by atoms with Crippen molar-refractivity contribution in [2.75, 3.05) is 19.6 Å². The minimum atomic E-state index is 0.814. The molecule has 0 spiro atoms. The summed E-state index contributed by atoms with van der Waals surface area (Å²) in [4.78, 5) is 19.7. The number of aromatic nitrogens is 2. The quantitative estimate of drug-likeness (QED) is 0.122. The molecule has 8 aromatic carbocycles. The van der Waals surface area contributed by atoms with Gasteiger partial charge in [-0.2, -0.15) is 0 Å². The molecule has 0 N–H and O–H groups in total. The lowest BCUT2D eigenvalue weighted by Gasteiger charge is -2.33. The first-order valence-electron chi connectivity index (χ1n) is 21.9. The molecule has 9 aromatic rings. The Morgan fingerprint density at radius 1 is 0.344 bits per heavy atom. The first-order valence-corrected chi connectivity index (χ1v) is 21.9. The zero-order chi connectivity index (χ0) is 43.2. The Balaban J connectivity index is 1.11. The van der Waals surface area contributed by atoms with Crippen LogP contribution in [0.5, 0.6) is 0 Å². The fourth-order valence-corrected chi connectivity index (χ4v) is 8.85. The van der Waals surface area contributed by atoms with E-state index < -0.39 is 0 Å². The third-order valence-electron chi connectivity index (χ3n) is 12.0. The molecule has 0 saturated carbocycles. The number of anilines is 11. The standard InChI is InChI=1S/C58H48N6/c1-43-44(2)58(64(50-31-19-8-20-32-50)54-39-35-52(36-40-54)62(47-25-13-5-14-26-47)48-27-15-6-16-28-48)56-55(59-41-42-60-56)57(43)63(49-29-17-7-18-30-49)53-37-33-51(34-38-53)61(45-21-9-3-10-22-45)46-23-11-4-12-24-46/h3-15,17-27,29-42H,16,28H2,1-2H3. The highest BCUT2D eigenvalue weighted by atomic mass is 15.2. The number of hydrogen-bond acceptors (Lipinski definition) is 6. The maximum absolute atomic E-state index is 5.18. The minimum Gasteiger partial charge on any atom is -0.314 e. The Kier molecular flexibility index (Phi) is 11.2. The fraction of sp³-hybridized carbons (Fsp3) is 0.0690. The first kappa shape index (κ1) is 39.9. The van der Waals surface area contributed by atoms with Crippen molar-refractivity contribution in [2.24, 2.45) is 0 Å². The maximum atomic E-state index is 5.18. The summed E-state index contributed by atoms with van der Waals surface area (Å²) in [5, 5.41) is 0. The van der Waals surface area contributed by atoms with E-state index in [-0.39, 0.29) is 0 Å². The van der Waals surface area contributed by atoms with Crippen LogP contribution in [0, 0.1) is 13.8 Å². The van der Waals surface area contributed by atoms with Crippen LogP contribution >= 0.6 is 0 Å². The van der Waals surface area contributed by atoms with Gasteiger partial charge in [-0.1, -0.05) is 103 Å². The summed E-state index contributed by atoms with van der Waals surface area (Å²) in [6.45, 7) is 4.44. The van der Waals surface area contributed by atoms with Crippen molar-refractivity contribution in [2.45, 2.75) is 26.7 Å². The van der Waals surface area contributed by atoms with Gasteiger partial charge in [0.1, 0.15) is 11.0 Å². The van der Waals surface area contributed by atoms with Crippen LogP contribution in [0.3, 0.4) is 0 Å². The van der Waals surface area contributed by atoms with E-state index >= 15 is 0 Å². The van der Waals surface area contributed by atoms with Crippen LogP contribution in [-0.4, -0.2) is 9.97 Å². The highest BCUT2D eigenvalue weighted by molar-refractivity contribution is 6.06. The van der Waals surface area contributed by atoms with Gasteiger partial charge in [-0.3, -0.25) is 9.97 Å². The topological polar surface area (TPSA) is 38.7 Å². The molecule has 1 heterocycles. The molecule has 0 radical (unpaired) electrons. The molecule has 0 bridgehead atoms.